The summed E-state index contributed by atoms with van der Waals surface area (Å²) in [6, 6.07) is 0. The summed E-state index contributed by atoms with van der Waals surface area (Å²) >= 11 is 5.68. The average Bonchev–Trinajstić information content (AvgIpc) is 2.17. The van der Waals surface area contributed by atoms with Crippen molar-refractivity contribution in [1.29, 1.82) is 0 Å². The van der Waals surface area contributed by atoms with Gasteiger partial charge in [-0.15, -0.1) is 5.10 Å². The van der Waals surface area contributed by atoms with Crippen molar-refractivity contribution in [3.8, 4) is 0 Å². The zero-order valence-electron chi connectivity index (χ0n) is 8.18. The smallest absolute Gasteiger partial charge is 0.243 e. The molecular weight excluding hydrogens is 214 g/mol. The lowest BCUT2D eigenvalue weighted by Crippen LogP contribution is -2.23. The number of hydrogen-bond acceptors (Lipinski definition) is 4. The highest BCUT2D eigenvalue weighted by atomic mass is 35.5. The molecule has 1 atom stereocenters. The Kier molecular flexibility index (Phi) is 2.44. The first-order valence-electron chi connectivity index (χ1n) is 4.53. The van der Waals surface area contributed by atoms with Crippen LogP contribution in [0.15, 0.2) is 30.2 Å². The maximum Gasteiger partial charge on any atom is 0.243 e. The summed E-state index contributed by atoms with van der Waals surface area (Å²) in [5.41, 5.74) is 0.344. The number of aromatic nitrogens is 3. The minimum Gasteiger partial charge on any atom is -0.512 e. The van der Waals surface area contributed by atoms with Crippen LogP contribution in [0, 0.1) is 0 Å². The molecule has 0 aromatic carbocycles. The first kappa shape index (κ1) is 10.1. The second kappa shape index (κ2) is 3.62. The van der Waals surface area contributed by atoms with Gasteiger partial charge in [-0.2, -0.15) is 5.10 Å². The van der Waals surface area contributed by atoms with E-state index in [0.29, 0.717) is 17.9 Å². The van der Waals surface area contributed by atoms with Crippen molar-refractivity contribution in [3.05, 3.63) is 41.2 Å². The van der Waals surface area contributed by atoms with Crippen LogP contribution in [0.25, 0.3) is 0 Å². The standard InChI is InChI=1S/C10H10ClN3O/c1-10(4-2-3-7(15)5-10)8-6-12-14-9(11)13-8/h2-4,6,15H,5H2,1H3. The Labute approximate surface area is 92.3 Å². The second-order valence-electron chi connectivity index (χ2n) is 3.72. The largest absolute Gasteiger partial charge is 0.512 e. The summed E-state index contributed by atoms with van der Waals surface area (Å²) in [7, 11) is 0. The van der Waals surface area contributed by atoms with Crippen LogP contribution in [0.4, 0.5) is 0 Å². The SMILES string of the molecule is CC1(c2cnnc(Cl)n2)C=CC=C(O)C1. The molecule has 1 aromatic rings. The Bertz CT molecular complexity index is 444. The van der Waals surface area contributed by atoms with Crippen LogP contribution in [0.1, 0.15) is 19.0 Å². The molecule has 0 saturated carbocycles. The molecule has 0 aliphatic heterocycles. The van der Waals surface area contributed by atoms with Crippen LogP contribution in [0.2, 0.25) is 5.28 Å². The van der Waals surface area contributed by atoms with Gasteiger partial charge in [0.2, 0.25) is 5.28 Å². The fraction of sp³-hybridized carbons (Fsp3) is 0.300. The molecule has 0 radical (unpaired) electrons. The molecule has 0 amide bonds. The first-order valence-corrected chi connectivity index (χ1v) is 4.91. The van der Waals surface area contributed by atoms with E-state index in [1.54, 1.807) is 18.3 Å². The minimum absolute atomic E-state index is 0.121. The van der Waals surface area contributed by atoms with E-state index in [1.807, 2.05) is 13.0 Å². The molecule has 0 fully saturated rings. The topological polar surface area (TPSA) is 58.9 Å². The number of nitrogens with zero attached hydrogens (tertiary/aromatic N) is 3. The van der Waals surface area contributed by atoms with E-state index < -0.39 is 0 Å². The molecule has 4 nitrogen and oxygen atoms in total. The van der Waals surface area contributed by atoms with Crippen LogP contribution in [0.5, 0.6) is 0 Å². The fourth-order valence-corrected chi connectivity index (χ4v) is 1.73. The van der Waals surface area contributed by atoms with Gasteiger partial charge >= 0.3 is 0 Å². The zero-order valence-corrected chi connectivity index (χ0v) is 8.94. The number of aliphatic hydroxyl groups excluding tert-OH is 1. The molecule has 1 heterocycles. The Hall–Kier alpha value is -1.42. The number of halogens is 1. The van der Waals surface area contributed by atoms with Gasteiger partial charge in [-0.1, -0.05) is 12.2 Å². The number of rotatable bonds is 1. The first-order chi connectivity index (χ1) is 7.10. The van der Waals surface area contributed by atoms with E-state index in [4.69, 9.17) is 11.6 Å². The summed E-state index contributed by atoms with van der Waals surface area (Å²) < 4.78 is 0. The lowest BCUT2D eigenvalue weighted by Gasteiger charge is -2.26. The molecule has 15 heavy (non-hydrogen) atoms. The van der Waals surface area contributed by atoms with E-state index in [1.165, 1.54) is 0 Å². The van der Waals surface area contributed by atoms with Gasteiger partial charge < -0.3 is 5.11 Å². The highest BCUT2D eigenvalue weighted by molar-refractivity contribution is 6.28. The van der Waals surface area contributed by atoms with Gasteiger partial charge in [-0.3, -0.25) is 0 Å². The average molecular weight is 224 g/mol. The third kappa shape index (κ3) is 1.99. The van der Waals surface area contributed by atoms with Gasteiger partial charge in [0.05, 0.1) is 17.6 Å². The third-order valence-corrected chi connectivity index (χ3v) is 2.58. The summed E-state index contributed by atoms with van der Waals surface area (Å²) in [4.78, 5) is 4.11. The van der Waals surface area contributed by atoms with Crippen molar-refractivity contribution in [2.75, 3.05) is 0 Å². The molecular formula is C10H10ClN3O. The molecule has 1 aromatic heterocycles. The second-order valence-corrected chi connectivity index (χ2v) is 4.06. The Balaban J connectivity index is 2.39. The van der Waals surface area contributed by atoms with Gasteiger partial charge in [0.25, 0.3) is 0 Å². The molecule has 1 unspecified atom stereocenters. The van der Waals surface area contributed by atoms with Crippen LogP contribution < -0.4 is 0 Å². The van der Waals surface area contributed by atoms with Crippen molar-refractivity contribution in [2.24, 2.45) is 0 Å². The molecule has 0 saturated heterocycles. The van der Waals surface area contributed by atoms with Crippen LogP contribution >= 0.6 is 11.6 Å². The number of allylic oxidation sites excluding steroid dienone is 4. The van der Waals surface area contributed by atoms with E-state index in [2.05, 4.69) is 15.2 Å². The predicted octanol–water partition coefficient (Wildman–Crippen LogP) is 2.18. The molecule has 1 aliphatic carbocycles. The Morgan fingerprint density at radius 1 is 1.53 bits per heavy atom. The van der Waals surface area contributed by atoms with Gasteiger partial charge in [0.1, 0.15) is 0 Å². The van der Waals surface area contributed by atoms with E-state index in [-0.39, 0.29) is 10.7 Å². The molecule has 1 N–H and O–H groups in total. The van der Waals surface area contributed by atoms with Gasteiger partial charge in [-0.05, 0) is 24.6 Å². The highest BCUT2D eigenvalue weighted by Crippen LogP contribution is 2.32. The maximum absolute atomic E-state index is 9.49. The lowest BCUT2D eigenvalue weighted by molar-refractivity contribution is 0.350. The van der Waals surface area contributed by atoms with E-state index >= 15 is 0 Å². The fourth-order valence-electron chi connectivity index (χ4n) is 1.60. The van der Waals surface area contributed by atoms with Crippen LogP contribution in [-0.4, -0.2) is 20.3 Å². The molecule has 0 bridgehead atoms. The summed E-state index contributed by atoms with van der Waals surface area (Å²) in [5, 5.41) is 16.9. The van der Waals surface area contributed by atoms with E-state index in [9.17, 15) is 5.11 Å². The number of aliphatic hydroxyl groups is 1. The van der Waals surface area contributed by atoms with Crippen LogP contribution in [0.3, 0.4) is 0 Å². The van der Waals surface area contributed by atoms with Crippen molar-refractivity contribution < 1.29 is 5.11 Å². The van der Waals surface area contributed by atoms with Crippen LogP contribution in [-0.2, 0) is 5.41 Å². The van der Waals surface area contributed by atoms with Gasteiger partial charge in [0, 0.05) is 11.8 Å². The van der Waals surface area contributed by atoms with E-state index in [0.717, 1.165) is 0 Å². The highest BCUT2D eigenvalue weighted by Gasteiger charge is 2.29. The lowest BCUT2D eigenvalue weighted by atomic mass is 9.80. The normalized spacial score (nSPS) is 25.1. The molecule has 0 spiro atoms. The quantitative estimate of drug-likeness (QED) is 0.793. The van der Waals surface area contributed by atoms with Crippen molar-refractivity contribution >= 4 is 11.6 Å². The van der Waals surface area contributed by atoms with Crippen molar-refractivity contribution in [2.45, 2.75) is 18.8 Å². The molecule has 78 valence electrons. The summed E-state index contributed by atoms with van der Waals surface area (Å²) in [6.45, 7) is 1.97. The third-order valence-electron chi connectivity index (χ3n) is 2.42. The maximum atomic E-state index is 9.49. The minimum atomic E-state index is -0.363. The summed E-state index contributed by atoms with van der Waals surface area (Å²) in [6.07, 6.45) is 7.49. The Morgan fingerprint density at radius 2 is 2.33 bits per heavy atom. The van der Waals surface area contributed by atoms with Gasteiger partial charge in [-0.25, -0.2) is 4.98 Å². The summed E-state index contributed by atoms with van der Waals surface area (Å²) in [5.74, 6) is 0.328. The van der Waals surface area contributed by atoms with Gasteiger partial charge in [0.15, 0.2) is 0 Å². The monoisotopic (exact) mass is 223 g/mol. The molecule has 5 heteroatoms. The molecule has 1 aliphatic rings. The predicted molar refractivity (Wildman–Crippen MR) is 56.7 cm³/mol. The zero-order chi connectivity index (χ0) is 10.9. The number of hydrogen-bond donors (Lipinski definition) is 1. The molecule has 2 rings (SSSR count). The van der Waals surface area contributed by atoms with Crippen molar-refractivity contribution in [1.82, 2.24) is 15.2 Å². The van der Waals surface area contributed by atoms with Crippen molar-refractivity contribution in [3.63, 3.8) is 0 Å². The Morgan fingerprint density at radius 3 is 3.00 bits per heavy atom.